The summed E-state index contributed by atoms with van der Waals surface area (Å²) in [5.74, 6) is -2.27. The fourth-order valence-electron chi connectivity index (χ4n) is 0.846. The van der Waals surface area contributed by atoms with E-state index in [0.29, 0.717) is 0 Å². The van der Waals surface area contributed by atoms with Gasteiger partial charge in [0.25, 0.3) is 0 Å². The summed E-state index contributed by atoms with van der Waals surface area (Å²) in [7, 11) is 3.75. The summed E-state index contributed by atoms with van der Waals surface area (Å²) in [4.78, 5) is 21.1. The van der Waals surface area contributed by atoms with Gasteiger partial charge in [-0.25, -0.2) is 0 Å². The van der Waals surface area contributed by atoms with Crippen LogP contribution in [0.2, 0.25) is 10.0 Å². The van der Waals surface area contributed by atoms with Crippen molar-refractivity contribution in [2.75, 3.05) is 14.1 Å². The average molecular weight is 280 g/mol. The average Bonchev–Trinajstić information content (AvgIpc) is 2.31. The Bertz CT molecular complexity index is 435. The fraction of sp³-hybridized carbons (Fsp3) is 0.200. The second-order valence-corrected chi connectivity index (χ2v) is 3.68. The SMILES string of the molecule is CNC.O=CC(=O)c1cc(Cl)c(O)c(O)c1Cl. The summed E-state index contributed by atoms with van der Waals surface area (Å²) in [6, 6.07) is 1.01. The van der Waals surface area contributed by atoms with Gasteiger partial charge in [-0.15, -0.1) is 0 Å². The third-order valence-corrected chi connectivity index (χ3v) is 2.21. The van der Waals surface area contributed by atoms with E-state index in [1.54, 1.807) is 0 Å². The normalized spacial score (nSPS) is 9.18. The highest BCUT2D eigenvalue weighted by molar-refractivity contribution is 6.43. The molecule has 0 saturated heterocycles. The lowest BCUT2D eigenvalue weighted by Gasteiger charge is -2.05. The molecule has 94 valence electrons. The number of phenolic OH excluding ortho intramolecular Hbond substituents is 2. The molecule has 0 heterocycles. The van der Waals surface area contributed by atoms with Crippen molar-refractivity contribution in [3.8, 4) is 11.5 Å². The van der Waals surface area contributed by atoms with Crippen LogP contribution in [-0.4, -0.2) is 36.4 Å². The summed E-state index contributed by atoms with van der Waals surface area (Å²) in [6.45, 7) is 0. The van der Waals surface area contributed by atoms with Gasteiger partial charge in [-0.05, 0) is 20.2 Å². The number of phenols is 2. The van der Waals surface area contributed by atoms with Crippen LogP contribution in [0.3, 0.4) is 0 Å². The molecule has 0 fully saturated rings. The number of halogens is 2. The number of ketones is 1. The maximum absolute atomic E-state index is 10.9. The number of nitrogens with one attached hydrogen (secondary N) is 1. The summed E-state index contributed by atoms with van der Waals surface area (Å²) in [5, 5.41) is 20.4. The molecule has 0 aliphatic rings. The van der Waals surface area contributed by atoms with E-state index in [1.165, 1.54) is 0 Å². The molecule has 0 radical (unpaired) electrons. The molecule has 17 heavy (non-hydrogen) atoms. The molecule has 0 spiro atoms. The Morgan fingerprint density at radius 1 is 1.29 bits per heavy atom. The maximum Gasteiger partial charge on any atom is 0.227 e. The van der Waals surface area contributed by atoms with E-state index in [4.69, 9.17) is 28.3 Å². The molecule has 0 unspecified atom stereocenters. The zero-order valence-corrected chi connectivity index (χ0v) is 10.6. The van der Waals surface area contributed by atoms with Crippen molar-refractivity contribution in [1.29, 1.82) is 0 Å². The van der Waals surface area contributed by atoms with E-state index in [-0.39, 0.29) is 16.9 Å². The first-order valence-corrected chi connectivity index (χ1v) is 5.14. The van der Waals surface area contributed by atoms with Gasteiger partial charge in [0, 0.05) is 5.56 Å². The first-order chi connectivity index (χ1) is 7.90. The molecular weight excluding hydrogens is 269 g/mol. The maximum atomic E-state index is 10.9. The molecule has 1 aromatic rings. The quantitative estimate of drug-likeness (QED) is 0.332. The van der Waals surface area contributed by atoms with Crippen LogP contribution in [0.5, 0.6) is 11.5 Å². The highest BCUT2D eigenvalue weighted by Gasteiger charge is 2.18. The zero-order chi connectivity index (χ0) is 13.6. The molecule has 3 N–H and O–H groups in total. The molecule has 0 saturated carbocycles. The van der Waals surface area contributed by atoms with E-state index in [1.807, 2.05) is 14.1 Å². The van der Waals surface area contributed by atoms with Crippen LogP contribution < -0.4 is 5.32 Å². The number of aromatic hydroxyl groups is 2. The van der Waals surface area contributed by atoms with Gasteiger partial charge in [0.15, 0.2) is 17.8 Å². The van der Waals surface area contributed by atoms with Crippen LogP contribution >= 0.6 is 23.2 Å². The standard InChI is InChI=1S/C8H4Cl2O4.C2H7N/c9-4-1-3(5(12)2-11)6(10)8(14)7(4)13;1-3-2/h1-2,13-14H;3H,1-2H3. The van der Waals surface area contributed by atoms with E-state index in [0.717, 1.165) is 6.07 Å². The Morgan fingerprint density at radius 2 is 1.76 bits per heavy atom. The van der Waals surface area contributed by atoms with Crippen molar-refractivity contribution in [3.63, 3.8) is 0 Å². The van der Waals surface area contributed by atoms with Crippen LogP contribution in [0.1, 0.15) is 10.4 Å². The number of hydrogen-bond acceptors (Lipinski definition) is 5. The van der Waals surface area contributed by atoms with Gasteiger partial charge in [0.05, 0.1) is 10.0 Å². The van der Waals surface area contributed by atoms with Crippen molar-refractivity contribution in [3.05, 3.63) is 21.7 Å². The van der Waals surface area contributed by atoms with Crippen molar-refractivity contribution >= 4 is 35.3 Å². The topological polar surface area (TPSA) is 86.6 Å². The number of aldehydes is 1. The molecule has 1 aromatic carbocycles. The Labute approximate surface area is 108 Å². The fourth-order valence-corrected chi connectivity index (χ4v) is 1.28. The van der Waals surface area contributed by atoms with Crippen LogP contribution in [0, 0.1) is 0 Å². The smallest absolute Gasteiger partial charge is 0.227 e. The summed E-state index contributed by atoms with van der Waals surface area (Å²) in [6.07, 6.45) is 0.0357. The Kier molecular flexibility index (Phi) is 6.57. The highest BCUT2D eigenvalue weighted by atomic mass is 35.5. The Balaban J connectivity index is 0.000000770. The van der Waals surface area contributed by atoms with Crippen LogP contribution in [-0.2, 0) is 4.79 Å². The lowest BCUT2D eigenvalue weighted by atomic mass is 10.1. The van der Waals surface area contributed by atoms with Gasteiger partial charge in [-0.1, -0.05) is 23.2 Å². The molecule has 1 rings (SSSR count). The first kappa shape index (κ1) is 15.7. The molecule has 0 aliphatic carbocycles. The van der Waals surface area contributed by atoms with Crippen molar-refractivity contribution in [2.24, 2.45) is 0 Å². The van der Waals surface area contributed by atoms with Gasteiger partial charge < -0.3 is 15.5 Å². The summed E-state index contributed by atoms with van der Waals surface area (Å²) < 4.78 is 0. The van der Waals surface area contributed by atoms with E-state index in [2.05, 4.69) is 5.32 Å². The van der Waals surface area contributed by atoms with Crippen LogP contribution in [0.25, 0.3) is 0 Å². The van der Waals surface area contributed by atoms with E-state index >= 15 is 0 Å². The number of carbonyl (C=O) groups is 2. The summed E-state index contributed by atoms with van der Waals surface area (Å²) in [5.41, 5.74) is -0.248. The van der Waals surface area contributed by atoms with Crippen molar-refractivity contribution in [2.45, 2.75) is 0 Å². The molecule has 0 atom stereocenters. The Morgan fingerprint density at radius 3 is 2.18 bits per heavy atom. The van der Waals surface area contributed by atoms with E-state index < -0.39 is 22.3 Å². The highest BCUT2D eigenvalue weighted by Crippen LogP contribution is 2.41. The molecule has 0 aliphatic heterocycles. The van der Waals surface area contributed by atoms with Gasteiger partial charge in [0.1, 0.15) is 0 Å². The number of carbonyl (C=O) groups excluding carboxylic acids is 2. The number of Topliss-reactive ketones (excluding diaryl/α,β-unsaturated/α-hetero) is 1. The van der Waals surface area contributed by atoms with Gasteiger partial charge >= 0.3 is 0 Å². The minimum Gasteiger partial charge on any atom is -0.503 e. The molecule has 0 bridgehead atoms. The molecule has 7 heteroatoms. The number of hydrogen-bond donors (Lipinski definition) is 3. The predicted molar refractivity (Wildman–Crippen MR) is 65.2 cm³/mol. The van der Waals surface area contributed by atoms with Crippen LogP contribution in [0.4, 0.5) is 0 Å². The lowest BCUT2D eigenvalue weighted by molar-refractivity contribution is -0.104. The third kappa shape index (κ3) is 3.89. The Hall–Kier alpha value is -1.30. The van der Waals surface area contributed by atoms with Gasteiger partial charge in [-0.2, -0.15) is 0 Å². The summed E-state index contributed by atoms with van der Waals surface area (Å²) >= 11 is 11.0. The molecular formula is C10H11Cl2NO4. The first-order valence-electron chi connectivity index (χ1n) is 4.38. The van der Waals surface area contributed by atoms with Crippen molar-refractivity contribution < 1.29 is 19.8 Å². The van der Waals surface area contributed by atoms with Gasteiger partial charge in [-0.3, -0.25) is 9.59 Å². The third-order valence-electron chi connectivity index (χ3n) is 1.54. The van der Waals surface area contributed by atoms with Gasteiger partial charge in [0.2, 0.25) is 5.78 Å². The minimum absolute atomic E-state index is 0.0357. The van der Waals surface area contributed by atoms with E-state index in [9.17, 15) is 14.7 Å². The molecule has 5 nitrogen and oxygen atoms in total. The van der Waals surface area contributed by atoms with Crippen LogP contribution in [0.15, 0.2) is 6.07 Å². The second-order valence-electron chi connectivity index (χ2n) is 2.90. The lowest BCUT2D eigenvalue weighted by Crippen LogP contribution is -2.01. The predicted octanol–water partition coefficient (Wildman–Crippen LogP) is 1.62. The monoisotopic (exact) mass is 279 g/mol. The molecule has 0 amide bonds. The molecule has 0 aromatic heterocycles. The zero-order valence-electron chi connectivity index (χ0n) is 9.12. The second kappa shape index (κ2) is 7.11. The van der Waals surface area contributed by atoms with Crippen molar-refractivity contribution in [1.82, 2.24) is 5.32 Å². The number of rotatable bonds is 2. The number of benzene rings is 1. The largest absolute Gasteiger partial charge is 0.503 e. The minimum atomic E-state index is -0.924.